The summed E-state index contributed by atoms with van der Waals surface area (Å²) in [6.07, 6.45) is 1.04. The molecule has 0 aromatic heterocycles. The smallest absolute Gasteiger partial charge is 0.194 e. The van der Waals surface area contributed by atoms with Gasteiger partial charge >= 0.3 is 0 Å². The summed E-state index contributed by atoms with van der Waals surface area (Å²) in [7, 11) is 3.79. The lowest BCUT2D eigenvalue weighted by molar-refractivity contribution is 0.00504. The largest absolute Gasteiger partial charge is 0.382 e. The van der Waals surface area contributed by atoms with Crippen molar-refractivity contribution in [2.75, 3.05) is 45.3 Å². The van der Waals surface area contributed by atoms with Crippen LogP contribution in [-0.2, 0) is 17.6 Å². The van der Waals surface area contributed by atoms with Gasteiger partial charge in [0.25, 0.3) is 0 Å². The van der Waals surface area contributed by atoms with E-state index in [1.165, 1.54) is 13.8 Å². The second kappa shape index (κ2) is 16.0. The summed E-state index contributed by atoms with van der Waals surface area (Å²) >= 11 is 0. The summed E-state index contributed by atoms with van der Waals surface area (Å²) in [4.78, 5) is 45.3. The molecule has 52 heavy (non-hydrogen) atoms. The number of rotatable bonds is 15. The summed E-state index contributed by atoms with van der Waals surface area (Å²) < 4.78 is 5.51. The molecule has 274 valence electrons. The first-order valence-electron chi connectivity index (χ1n) is 18.0. The number of ether oxygens (including phenoxy) is 1. The van der Waals surface area contributed by atoms with Gasteiger partial charge in [0, 0.05) is 35.5 Å². The van der Waals surface area contributed by atoms with Crippen LogP contribution in [0.5, 0.6) is 0 Å². The van der Waals surface area contributed by atoms with Gasteiger partial charge in [-0.25, -0.2) is 0 Å². The van der Waals surface area contributed by atoms with Gasteiger partial charge in [-0.1, -0.05) is 85.8 Å². The highest BCUT2D eigenvalue weighted by atomic mass is 16.5. The molecular formula is C44H52N2O6. The first-order chi connectivity index (χ1) is 24.6. The number of nitrogens with zero attached hydrogens (tertiary/aromatic N) is 2. The quantitative estimate of drug-likeness (QED) is 0.136. The predicted molar refractivity (Wildman–Crippen MR) is 205 cm³/mol. The Labute approximate surface area is 308 Å². The van der Waals surface area contributed by atoms with Gasteiger partial charge in [0.1, 0.15) is 11.2 Å². The van der Waals surface area contributed by atoms with E-state index in [-0.39, 0.29) is 18.0 Å². The monoisotopic (exact) mass is 704 g/mol. The highest BCUT2D eigenvalue weighted by molar-refractivity contribution is 6.05. The molecule has 5 rings (SSSR count). The Morgan fingerprint density at radius 1 is 0.692 bits per heavy atom. The van der Waals surface area contributed by atoms with E-state index in [9.17, 15) is 24.6 Å². The number of benzene rings is 4. The molecule has 0 radical (unpaired) electrons. The van der Waals surface area contributed by atoms with Crippen LogP contribution < -0.4 is 4.90 Å². The number of carbonyl (C=O) groups is 3. The normalized spacial score (nSPS) is 16.5. The van der Waals surface area contributed by atoms with Gasteiger partial charge in [-0.15, -0.1) is 0 Å². The lowest BCUT2D eigenvalue weighted by atomic mass is 9.69. The van der Waals surface area contributed by atoms with Gasteiger partial charge in [0.2, 0.25) is 0 Å². The standard InChI is InChI=1S/C44H52N2O6/c1-31(29-43(4,51)40(48)36-18-14-33(15-19-36)28-32-12-16-35(17-13-32)39(47)42(2,3)50)44(45(5)6,30-34-10-8-7-9-11-34)41(49)37-20-22-38(23-21-37)46-24-26-52-27-25-46/h7-23,31,50-51H,24-30H2,1-6H3. The fraction of sp³-hybridized carbons (Fsp3) is 0.386. The maximum Gasteiger partial charge on any atom is 0.194 e. The van der Waals surface area contributed by atoms with Gasteiger partial charge in [-0.3, -0.25) is 19.3 Å². The lowest BCUT2D eigenvalue weighted by Crippen LogP contribution is -2.59. The second-order valence-electron chi connectivity index (χ2n) is 15.1. The molecule has 0 amide bonds. The average molecular weight is 705 g/mol. The zero-order valence-electron chi connectivity index (χ0n) is 31.3. The van der Waals surface area contributed by atoms with Crippen molar-refractivity contribution in [1.29, 1.82) is 0 Å². The van der Waals surface area contributed by atoms with E-state index in [4.69, 9.17) is 4.74 Å². The number of likely N-dealkylation sites (N-methyl/N-ethyl adjacent to an activating group) is 1. The summed E-state index contributed by atoms with van der Waals surface area (Å²) in [5, 5.41) is 21.9. The molecule has 1 aliphatic rings. The minimum Gasteiger partial charge on any atom is -0.382 e. The third-order valence-corrected chi connectivity index (χ3v) is 10.4. The van der Waals surface area contributed by atoms with Crippen LogP contribution in [0.1, 0.15) is 81.9 Å². The van der Waals surface area contributed by atoms with Crippen molar-refractivity contribution in [1.82, 2.24) is 4.90 Å². The summed E-state index contributed by atoms with van der Waals surface area (Å²) in [5.41, 5.74) is 1.12. The van der Waals surface area contributed by atoms with E-state index in [0.29, 0.717) is 42.7 Å². The SMILES string of the molecule is CC(CC(C)(O)C(=O)c1ccc(Cc2ccc(C(=O)C(C)(C)O)cc2)cc1)C(Cc1ccccc1)(C(=O)c1ccc(N2CCOCC2)cc1)N(C)C. The third-order valence-electron chi connectivity index (χ3n) is 10.4. The van der Waals surface area contributed by atoms with E-state index in [1.54, 1.807) is 31.2 Å². The van der Waals surface area contributed by atoms with Crippen molar-refractivity contribution >= 4 is 23.0 Å². The van der Waals surface area contributed by atoms with E-state index in [0.717, 1.165) is 35.5 Å². The van der Waals surface area contributed by atoms with Crippen molar-refractivity contribution in [2.45, 2.75) is 63.7 Å². The van der Waals surface area contributed by atoms with Crippen LogP contribution in [0.4, 0.5) is 5.69 Å². The first kappa shape index (κ1) is 38.8. The molecule has 1 aliphatic heterocycles. The van der Waals surface area contributed by atoms with E-state index in [1.807, 2.05) is 105 Å². The minimum absolute atomic E-state index is 0.0614. The van der Waals surface area contributed by atoms with Crippen LogP contribution in [0, 0.1) is 5.92 Å². The fourth-order valence-corrected chi connectivity index (χ4v) is 7.39. The molecule has 3 unspecified atom stereocenters. The molecule has 0 aliphatic carbocycles. The number of aliphatic hydroxyl groups is 2. The number of anilines is 1. The van der Waals surface area contributed by atoms with Crippen LogP contribution in [0.15, 0.2) is 103 Å². The Kier molecular flexibility index (Phi) is 12.0. The second-order valence-corrected chi connectivity index (χ2v) is 15.1. The number of hydrogen-bond donors (Lipinski definition) is 2. The lowest BCUT2D eigenvalue weighted by Gasteiger charge is -2.45. The van der Waals surface area contributed by atoms with Crippen LogP contribution >= 0.6 is 0 Å². The molecule has 2 N–H and O–H groups in total. The molecule has 0 spiro atoms. The Bertz CT molecular complexity index is 1820. The van der Waals surface area contributed by atoms with Crippen LogP contribution in [0.2, 0.25) is 0 Å². The number of morpholine rings is 1. The van der Waals surface area contributed by atoms with E-state index in [2.05, 4.69) is 4.90 Å². The first-order valence-corrected chi connectivity index (χ1v) is 18.0. The van der Waals surface area contributed by atoms with E-state index >= 15 is 0 Å². The molecule has 1 heterocycles. The van der Waals surface area contributed by atoms with Crippen molar-refractivity contribution in [2.24, 2.45) is 5.92 Å². The van der Waals surface area contributed by atoms with Gasteiger partial charge < -0.3 is 19.8 Å². The Morgan fingerprint density at radius 3 is 1.67 bits per heavy atom. The molecule has 1 saturated heterocycles. The van der Waals surface area contributed by atoms with Crippen molar-refractivity contribution < 1.29 is 29.3 Å². The molecule has 8 heteroatoms. The molecule has 0 bridgehead atoms. The highest BCUT2D eigenvalue weighted by Gasteiger charge is 2.49. The molecular weight excluding hydrogens is 652 g/mol. The van der Waals surface area contributed by atoms with Crippen molar-refractivity contribution in [3.8, 4) is 0 Å². The molecule has 4 aromatic rings. The molecule has 4 aromatic carbocycles. The van der Waals surface area contributed by atoms with Crippen LogP contribution in [-0.4, -0.2) is 89.6 Å². The van der Waals surface area contributed by atoms with Gasteiger partial charge in [0.05, 0.1) is 18.8 Å². The van der Waals surface area contributed by atoms with Crippen LogP contribution in [0.25, 0.3) is 0 Å². The maximum atomic E-state index is 14.8. The topological polar surface area (TPSA) is 107 Å². The molecule has 0 saturated carbocycles. The maximum absolute atomic E-state index is 14.8. The Morgan fingerprint density at radius 2 is 1.17 bits per heavy atom. The molecule has 1 fully saturated rings. The Hall–Kier alpha value is -4.47. The van der Waals surface area contributed by atoms with Crippen molar-refractivity contribution in [3.05, 3.63) is 137 Å². The molecule has 8 nitrogen and oxygen atoms in total. The van der Waals surface area contributed by atoms with Gasteiger partial charge in [0.15, 0.2) is 17.3 Å². The summed E-state index contributed by atoms with van der Waals surface area (Å²) in [6, 6.07) is 32.0. The number of hydrogen-bond acceptors (Lipinski definition) is 8. The minimum atomic E-state index is -1.75. The fourth-order valence-electron chi connectivity index (χ4n) is 7.39. The molecule has 3 atom stereocenters. The zero-order chi connectivity index (χ0) is 37.7. The highest BCUT2D eigenvalue weighted by Crippen LogP contribution is 2.38. The van der Waals surface area contributed by atoms with Gasteiger partial charge in [-0.2, -0.15) is 0 Å². The Balaban J connectivity index is 1.35. The number of Topliss-reactive ketones (excluding diaryl/α,β-unsaturated/α-hetero) is 3. The number of ketones is 3. The zero-order valence-corrected chi connectivity index (χ0v) is 31.3. The van der Waals surface area contributed by atoms with Crippen LogP contribution in [0.3, 0.4) is 0 Å². The van der Waals surface area contributed by atoms with E-state index < -0.39 is 28.4 Å². The van der Waals surface area contributed by atoms with Gasteiger partial charge in [-0.05, 0) is 101 Å². The summed E-state index contributed by atoms with van der Waals surface area (Å²) in [6.45, 7) is 9.38. The average Bonchev–Trinajstić information content (AvgIpc) is 3.13. The van der Waals surface area contributed by atoms with Crippen molar-refractivity contribution in [3.63, 3.8) is 0 Å². The predicted octanol–water partition coefficient (Wildman–Crippen LogP) is 6.45. The number of carbonyl (C=O) groups excluding carboxylic acids is 3. The summed E-state index contributed by atoms with van der Waals surface area (Å²) in [5.74, 6) is -1.24. The third kappa shape index (κ3) is 8.76.